The Morgan fingerprint density at radius 1 is 1.44 bits per heavy atom. The largest absolute Gasteiger partial charge is 0.480 e. The Morgan fingerprint density at radius 2 is 2.32 bits per heavy atom. The zero-order valence-electron chi connectivity index (χ0n) is 12.5. The van der Waals surface area contributed by atoms with Crippen LogP contribution in [0.5, 0.6) is 0 Å². The van der Waals surface area contributed by atoms with Crippen molar-refractivity contribution in [2.24, 2.45) is 0 Å². The average molecular weight is 338 g/mol. The highest BCUT2D eigenvalue weighted by Crippen LogP contribution is 2.19. The van der Waals surface area contributed by atoms with Crippen LogP contribution >= 0.6 is 0 Å². The SMILES string of the molecule is N#CC(=CNc1cccc(-c2nnn(CC(=O)O)n2)c1)c1nn[nH]n1. The lowest BCUT2D eigenvalue weighted by molar-refractivity contribution is -0.138. The number of hydrogen-bond donors (Lipinski definition) is 3. The number of allylic oxidation sites excluding steroid dienone is 1. The molecule has 0 fully saturated rings. The highest BCUT2D eigenvalue weighted by atomic mass is 16.4. The molecule has 0 bridgehead atoms. The number of carboxylic acid groups (broad SMARTS) is 1. The molecule has 0 atom stereocenters. The summed E-state index contributed by atoms with van der Waals surface area (Å²) in [5.74, 6) is -0.605. The highest BCUT2D eigenvalue weighted by Gasteiger charge is 2.09. The summed E-state index contributed by atoms with van der Waals surface area (Å²) in [6.45, 7) is -0.371. The second-order valence-electron chi connectivity index (χ2n) is 4.67. The monoisotopic (exact) mass is 338 g/mol. The van der Waals surface area contributed by atoms with E-state index < -0.39 is 5.97 Å². The Kier molecular flexibility index (Phi) is 4.38. The molecule has 3 aromatic rings. The maximum Gasteiger partial charge on any atom is 0.327 e. The van der Waals surface area contributed by atoms with Gasteiger partial charge in [0.15, 0.2) is 6.54 Å². The molecule has 25 heavy (non-hydrogen) atoms. The number of aliphatic carboxylic acids is 1. The minimum Gasteiger partial charge on any atom is -0.480 e. The summed E-state index contributed by atoms with van der Waals surface area (Å²) in [7, 11) is 0. The standard InChI is InChI=1S/C13H10N10O2/c14-5-9(12-16-20-21-17-12)6-15-10-3-1-2-8(4-10)13-18-22-23(19-13)7-11(24)25/h1-4,6,15H,7H2,(H,24,25)(H,16,17,20,21). The number of hydrogen-bond acceptors (Lipinski definition) is 9. The van der Waals surface area contributed by atoms with Crippen molar-refractivity contribution in [3.05, 3.63) is 36.3 Å². The number of carbonyl (C=O) groups is 1. The number of H-pyrrole nitrogens is 1. The Bertz CT molecular complexity index is 953. The third kappa shape index (κ3) is 3.79. The summed E-state index contributed by atoms with van der Waals surface area (Å²) in [6, 6.07) is 8.96. The van der Waals surface area contributed by atoms with Gasteiger partial charge in [-0.15, -0.1) is 20.4 Å². The topological polar surface area (TPSA) is 171 Å². The van der Waals surface area contributed by atoms with Crippen LogP contribution < -0.4 is 5.32 Å². The molecule has 1 aromatic carbocycles. The molecule has 12 nitrogen and oxygen atoms in total. The van der Waals surface area contributed by atoms with E-state index in [1.807, 2.05) is 6.07 Å². The van der Waals surface area contributed by atoms with Crippen LogP contribution in [0.1, 0.15) is 5.82 Å². The van der Waals surface area contributed by atoms with Gasteiger partial charge in [-0.1, -0.05) is 12.1 Å². The van der Waals surface area contributed by atoms with E-state index in [1.54, 1.807) is 24.3 Å². The van der Waals surface area contributed by atoms with Crippen molar-refractivity contribution < 1.29 is 9.90 Å². The molecule has 0 amide bonds. The second kappa shape index (κ2) is 6.96. The molecule has 3 rings (SSSR count). The Balaban J connectivity index is 1.79. The van der Waals surface area contributed by atoms with Crippen molar-refractivity contribution in [3.63, 3.8) is 0 Å². The van der Waals surface area contributed by atoms with E-state index >= 15 is 0 Å². The number of tetrazole rings is 2. The number of anilines is 1. The van der Waals surface area contributed by atoms with Crippen molar-refractivity contribution in [1.29, 1.82) is 5.26 Å². The van der Waals surface area contributed by atoms with E-state index in [2.05, 4.69) is 41.4 Å². The molecular weight excluding hydrogens is 328 g/mol. The van der Waals surface area contributed by atoms with Crippen LogP contribution in [0.4, 0.5) is 5.69 Å². The minimum atomic E-state index is -1.06. The first-order valence-corrected chi connectivity index (χ1v) is 6.86. The normalized spacial score (nSPS) is 11.1. The van der Waals surface area contributed by atoms with Gasteiger partial charge in [0.1, 0.15) is 11.6 Å². The number of carboxylic acids is 1. The predicted molar refractivity (Wildman–Crippen MR) is 82.3 cm³/mol. The molecule has 0 spiro atoms. The predicted octanol–water partition coefficient (Wildman–Crippen LogP) is -0.0856. The van der Waals surface area contributed by atoms with E-state index in [-0.39, 0.29) is 23.8 Å². The van der Waals surface area contributed by atoms with Crippen LogP contribution in [0.2, 0.25) is 0 Å². The molecule has 0 saturated heterocycles. The average Bonchev–Trinajstić information content (AvgIpc) is 3.27. The number of aromatic nitrogens is 8. The first-order valence-electron chi connectivity index (χ1n) is 6.86. The molecule has 0 aliphatic heterocycles. The van der Waals surface area contributed by atoms with Crippen LogP contribution in [0.3, 0.4) is 0 Å². The fourth-order valence-electron chi connectivity index (χ4n) is 1.87. The molecule has 0 radical (unpaired) electrons. The summed E-state index contributed by atoms with van der Waals surface area (Å²) in [6.07, 6.45) is 1.44. The Morgan fingerprint density at radius 3 is 3.04 bits per heavy atom. The Hall–Kier alpha value is -4.14. The number of nitrogens with one attached hydrogen (secondary N) is 2. The van der Waals surface area contributed by atoms with E-state index in [9.17, 15) is 4.79 Å². The molecule has 124 valence electrons. The zero-order valence-corrected chi connectivity index (χ0v) is 12.5. The fourth-order valence-corrected chi connectivity index (χ4v) is 1.87. The molecule has 0 saturated carbocycles. The highest BCUT2D eigenvalue weighted by molar-refractivity contribution is 5.74. The third-order valence-electron chi connectivity index (χ3n) is 2.94. The van der Waals surface area contributed by atoms with Crippen molar-refractivity contribution in [3.8, 4) is 17.5 Å². The second-order valence-corrected chi connectivity index (χ2v) is 4.67. The molecular formula is C13H10N10O2. The zero-order chi connectivity index (χ0) is 17.6. The van der Waals surface area contributed by atoms with Crippen molar-refractivity contribution >= 4 is 17.2 Å². The van der Waals surface area contributed by atoms with Gasteiger partial charge in [-0.3, -0.25) is 4.79 Å². The van der Waals surface area contributed by atoms with Gasteiger partial charge in [0.2, 0.25) is 11.6 Å². The number of aromatic amines is 1. The summed E-state index contributed by atoms with van der Waals surface area (Å²) in [4.78, 5) is 11.6. The van der Waals surface area contributed by atoms with Gasteiger partial charge in [0.05, 0.1) is 0 Å². The van der Waals surface area contributed by atoms with Crippen molar-refractivity contribution in [2.45, 2.75) is 6.54 Å². The molecule has 3 N–H and O–H groups in total. The molecule has 0 aliphatic carbocycles. The number of nitrogens with zero attached hydrogens (tertiary/aromatic N) is 8. The van der Waals surface area contributed by atoms with Crippen LogP contribution in [0.25, 0.3) is 17.0 Å². The number of rotatable bonds is 6. The van der Waals surface area contributed by atoms with Crippen molar-refractivity contribution in [1.82, 2.24) is 40.8 Å². The summed E-state index contributed by atoms with van der Waals surface area (Å²) < 4.78 is 0. The molecule has 2 heterocycles. The maximum atomic E-state index is 10.7. The first kappa shape index (κ1) is 15.7. The summed E-state index contributed by atoms with van der Waals surface area (Å²) in [5, 5.41) is 45.4. The van der Waals surface area contributed by atoms with Crippen LogP contribution in [-0.2, 0) is 11.3 Å². The Labute approximate surface area is 139 Å². The smallest absolute Gasteiger partial charge is 0.327 e. The molecule has 2 aromatic heterocycles. The lowest BCUT2D eigenvalue weighted by atomic mass is 10.2. The number of benzene rings is 1. The van der Waals surface area contributed by atoms with Gasteiger partial charge in [-0.05, 0) is 22.6 Å². The fraction of sp³-hybridized carbons (Fsp3) is 0.0769. The van der Waals surface area contributed by atoms with Gasteiger partial charge >= 0.3 is 5.97 Å². The summed E-state index contributed by atoms with van der Waals surface area (Å²) in [5.41, 5.74) is 1.49. The minimum absolute atomic E-state index is 0.171. The lowest BCUT2D eigenvalue weighted by Gasteiger charge is -2.02. The first-order chi connectivity index (χ1) is 12.2. The maximum absolute atomic E-state index is 10.7. The third-order valence-corrected chi connectivity index (χ3v) is 2.94. The molecule has 0 unspecified atom stereocenters. The summed E-state index contributed by atoms with van der Waals surface area (Å²) >= 11 is 0. The van der Waals surface area contributed by atoms with Gasteiger partial charge in [-0.2, -0.15) is 15.3 Å². The van der Waals surface area contributed by atoms with Crippen molar-refractivity contribution in [2.75, 3.05) is 5.32 Å². The van der Waals surface area contributed by atoms with E-state index in [1.165, 1.54) is 6.20 Å². The van der Waals surface area contributed by atoms with E-state index in [4.69, 9.17) is 10.4 Å². The van der Waals surface area contributed by atoms with Gasteiger partial charge in [0.25, 0.3) is 0 Å². The molecule has 0 aliphatic rings. The van der Waals surface area contributed by atoms with Gasteiger partial charge in [0, 0.05) is 17.5 Å². The quantitative estimate of drug-likeness (QED) is 0.516. The number of nitriles is 1. The van der Waals surface area contributed by atoms with Gasteiger partial charge < -0.3 is 10.4 Å². The van der Waals surface area contributed by atoms with Crippen LogP contribution in [0, 0.1) is 11.3 Å². The lowest BCUT2D eigenvalue weighted by Crippen LogP contribution is -2.11. The van der Waals surface area contributed by atoms with Gasteiger partial charge in [-0.25, -0.2) is 0 Å². The molecule has 12 heteroatoms. The van der Waals surface area contributed by atoms with E-state index in [0.29, 0.717) is 11.3 Å². The van der Waals surface area contributed by atoms with E-state index in [0.717, 1.165) is 4.80 Å². The van der Waals surface area contributed by atoms with Crippen LogP contribution in [-0.4, -0.2) is 51.9 Å². The van der Waals surface area contributed by atoms with Crippen LogP contribution in [0.15, 0.2) is 30.5 Å².